The maximum absolute atomic E-state index is 3.67. The molecule has 1 N–H and O–H groups in total. The first-order valence-corrected chi connectivity index (χ1v) is 7.36. The first-order chi connectivity index (χ1) is 7.85. The fourth-order valence-electron chi connectivity index (χ4n) is 2.90. The van der Waals surface area contributed by atoms with E-state index >= 15 is 0 Å². The van der Waals surface area contributed by atoms with Crippen molar-refractivity contribution in [3.63, 3.8) is 0 Å². The summed E-state index contributed by atoms with van der Waals surface area (Å²) in [7, 11) is 0. The average molecular weight is 240 g/mol. The molecule has 2 unspecified atom stereocenters. The van der Waals surface area contributed by atoms with E-state index in [9.17, 15) is 0 Å². The molecule has 0 aromatic carbocycles. The molecule has 0 spiro atoms. The van der Waals surface area contributed by atoms with Crippen molar-refractivity contribution >= 4 is 0 Å². The van der Waals surface area contributed by atoms with Crippen molar-refractivity contribution in [1.29, 1.82) is 0 Å². The molecule has 1 aliphatic heterocycles. The van der Waals surface area contributed by atoms with Gasteiger partial charge in [0.15, 0.2) is 0 Å². The zero-order valence-electron chi connectivity index (χ0n) is 12.7. The Balaban J connectivity index is 2.54. The van der Waals surface area contributed by atoms with E-state index in [-0.39, 0.29) is 5.54 Å². The quantitative estimate of drug-likeness (QED) is 0.793. The van der Waals surface area contributed by atoms with E-state index in [1.54, 1.807) is 0 Å². The molecule has 17 heavy (non-hydrogen) atoms. The predicted octanol–water partition coefficient (Wildman–Crippen LogP) is 3.27. The molecule has 2 nitrogen and oxygen atoms in total. The Kier molecular flexibility index (Phi) is 5.46. The molecule has 1 aliphatic rings. The second-order valence-corrected chi connectivity index (χ2v) is 6.88. The minimum absolute atomic E-state index is 0.237. The van der Waals surface area contributed by atoms with Gasteiger partial charge in [-0.2, -0.15) is 0 Å². The molecule has 0 radical (unpaired) electrons. The molecule has 1 fully saturated rings. The van der Waals surface area contributed by atoms with Crippen LogP contribution in [0.2, 0.25) is 0 Å². The number of hydrogen-bond donors (Lipinski definition) is 1. The molecule has 1 rings (SSSR count). The van der Waals surface area contributed by atoms with Gasteiger partial charge in [-0.3, -0.25) is 4.90 Å². The van der Waals surface area contributed by atoms with Crippen LogP contribution in [0.4, 0.5) is 0 Å². The van der Waals surface area contributed by atoms with Crippen LogP contribution < -0.4 is 5.32 Å². The molecule has 0 aromatic heterocycles. The second kappa shape index (κ2) is 6.19. The lowest BCUT2D eigenvalue weighted by atomic mass is 9.99. The van der Waals surface area contributed by atoms with Gasteiger partial charge in [0.05, 0.1) is 0 Å². The first kappa shape index (κ1) is 15.0. The number of nitrogens with one attached hydrogen (secondary N) is 1. The van der Waals surface area contributed by atoms with Gasteiger partial charge in [-0.05, 0) is 52.5 Å². The molecule has 0 amide bonds. The van der Waals surface area contributed by atoms with Gasteiger partial charge in [-0.25, -0.2) is 0 Å². The zero-order chi connectivity index (χ0) is 13.1. The van der Waals surface area contributed by atoms with E-state index in [0.29, 0.717) is 6.04 Å². The SMILES string of the molecule is CCC(CNC(C)(C)C)N1CCCC1C(C)C. The van der Waals surface area contributed by atoms with E-state index in [1.807, 2.05) is 0 Å². The topological polar surface area (TPSA) is 15.3 Å². The summed E-state index contributed by atoms with van der Waals surface area (Å²) in [6, 6.07) is 1.52. The van der Waals surface area contributed by atoms with Crippen molar-refractivity contribution in [2.45, 2.75) is 78.4 Å². The Hall–Kier alpha value is -0.0800. The fourth-order valence-corrected chi connectivity index (χ4v) is 2.90. The van der Waals surface area contributed by atoms with Crippen LogP contribution in [0.3, 0.4) is 0 Å². The number of likely N-dealkylation sites (tertiary alicyclic amines) is 1. The smallest absolute Gasteiger partial charge is 0.0221 e. The third-order valence-electron chi connectivity index (χ3n) is 3.92. The molecule has 2 atom stereocenters. The summed E-state index contributed by atoms with van der Waals surface area (Å²) in [5, 5.41) is 3.67. The van der Waals surface area contributed by atoms with Crippen molar-refractivity contribution in [3.05, 3.63) is 0 Å². The Bertz CT molecular complexity index is 217. The highest BCUT2D eigenvalue weighted by atomic mass is 15.2. The maximum Gasteiger partial charge on any atom is 0.0221 e. The summed E-state index contributed by atoms with van der Waals surface area (Å²) >= 11 is 0. The van der Waals surface area contributed by atoms with Gasteiger partial charge in [0, 0.05) is 24.2 Å². The van der Waals surface area contributed by atoms with Crippen LogP contribution in [-0.4, -0.2) is 35.6 Å². The Morgan fingerprint density at radius 1 is 1.29 bits per heavy atom. The Morgan fingerprint density at radius 3 is 2.41 bits per heavy atom. The summed E-state index contributed by atoms with van der Waals surface area (Å²) in [4.78, 5) is 2.75. The number of hydrogen-bond acceptors (Lipinski definition) is 2. The predicted molar refractivity (Wildman–Crippen MR) is 76.4 cm³/mol. The van der Waals surface area contributed by atoms with E-state index in [1.165, 1.54) is 25.8 Å². The molecule has 2 heteroatoms. The molecule has 102 valence electrons. The lowest BCUT2D eigenvalue weighted by Gasteiger charge is -2.36. The van der Waals surface area contributed by atoms with Crippen LogP contribution >= 0.6 is 0 Å². The van der Waals surface area contributed by atoms with Crippen molar-refractivity contribution < 1.29 is 0 Å². The van der Waals surface area contributed by atoms with Crippen LogP contribution in [0, 0.1) is 5.92 Å². The van der Waals surface area contributed by atoms with Crippen molar-refractivity contribution in [2.75, 3.05) is 13.1 Å². The van der Waals surface area contributed by atoms with Crippen LogP contribution in [0.25, 0.3) is 0 Å². The Morgan fingerprint density at radius 2 is 1.94 bits per heavy atom. The largest absolute Gasteiger partial charge is 0.311 e. The van der Waals surface area contributed by atoms with Gasteiger partial charge in [0.25, 0.3) is 0 Å². The van der Waals surface area contributed by atoms with Crippen LogP contribution in [-0.2, 0) is 0 Å². The normalized spacial score (nSPS) is 24.5. The Labute approximate surface area is 108 Å². The third-order valence-corrected chi connectivity index (χ3v) is 3.92. The number of nitrogens with zero attached hydrogens (tertiary/aromatic N) is 1. The molecule has 1 saturated heterocycles. The summed E-state index contributed by atoms with van der Waals surface area (Å²) in [5.41, 5.74) is 0.237. The number of rotatable bonds is 5. The molecule has 0 aliphatic carbocycles. The lowest BCUT2D eigenvalue weighted by molar-refractivity contribution is 0.133. The lowest BCUT2D eigenvalue weighted by Crippen LogP contribution is -2.49. The van der Waals surface area contributed by atoms with Gasteiger partial charge in [-0.15, -0.1) is 0 Å². The summed E-state index contributed by atoms with van der Waals surface area (Å²) in [6.45, 7) is 16.2. The van der Waals surface area contributed by atoms with Crippen LogP contribution in [0.5, 0.6) is 0 Å². The monoisotopic (exact) mass is 240 g/mol. The van der Waals surface area contributed by atoms with Crippen molar-refractivity contribution in [3.8, 4) is 0 Å². The first-order valence-electron chi connectivity index (χ1n) is 7.36. The average Bonchev–Trinajstić information content (AvgIpc) is 2.66. The summed E-state index contributed by atoms with van der Waals surface area (Å²) < 4.78 is 0. The summed E-state index contributed by atoms with van der Waals surface area (Å²) in [5.74, 6) is 0.793. The standard InChI is InChI=1S/C15H32N2/c1-7-13(11-16-15(4,5)6)17-10-8-9-14(17)12(2)3/h12-14,16H,7-11H2,1-6H3. The van der Waals surface area contributed by atoms with Gasteiger partial charge in [-0.1, -0.05) is 20.8 Å². The highest BCUT2D eigenvalue weighted by Gasteiger charge is 2.31. The highest BCUT2D eigenvalue weighted by molar-refractivity contribution is 4.88. The third kappa shape index (κ3) is 4.59. The molecular weight excluding hydrogens is 208 g/mol. The van der Waals surface area contributed by atoms with E-state index in [2.05, 4.69) is 51.8 Å². The van der Waals surface area contributed by atoms with E-state index in [4.69, 9.17) is 0 Å². The molecule has 0 bridgehead atoms. The molecular formula is C15H32N2. The minimum atomic E-state index is 0.237. The van der Waals surface area contributed by atoms with Crippen molar-refractivity contribution in [2.24, 2.45) is 5.92 Å². The molecule has 0 saturated carbocycles. The molecule has 1 heterocycles. The maximum atomic E-state index is 3.67. The van der Waals surface area contributed by atoms with Gasteiger partial charge in [0.2, 0.25) is 0 Å². The van der Waals surface area contributed by atoms with Gasteiger partial charge < -0.3 is 5.32 Å². The molecule has 0 aromatic rings. The minimum Gasteiger partial charge on any atom is -0.311 e. The van der Waals surface area contributed by atoms with E-state index < -0.39 is 0 Å². The van der Waals surface area contributed by atoms with E-state index in [0.717, 1.165) is 18.5 Å². The van der Waals surface area contributed by atoms with Crippen LogP contribution in [0.1, 0.15) is 60.8 Å². The fraction of sp³-hybridized carbons (Fsp3) is 1.00. The summed E-state index contributed by atoms with van der Waals surface area (Å²) in [6.07, 6.45) is 4.03. The highest BCUT2D eigenvalue weighted by Crippen LogP contribution is 2.26. The second-order valence-electron chi connectivity index (χ2n) is 6.88. The van der Waals surface area contributed by atoms with Gasteiger partial charge >= 0.3 is 0 Å². The van der Waals surface area contributed by atoms with Crippen LogP contribution in [0.15, 0.2) is 0 Å². The zero-order valence-corrected chi connectivity index (χ0v) is 12.7. The van der Waals surface area contributed by atoms with Crippen molar-refractivity contribution in [1.82, 2.24) is 10.2 Å². The van der Waals surface area contributed by atoms with Gasteiger partial charge in [0.1, 0.15) is 0 Å².